The average molecular weight is 389 g/mol. The summed E-state index contributed by atoms with van der Waals surface area (Å²) < 4.78 is 5.06. The molecular weight excluding hydrogens is 376 g/mol. The number of fused-ring (bicyclic) bond motifs is 2. The second kappa shape index (κ2) is 5.17. The van der Waals surface area contributed by atoms with Gasteiger partial charge in [0.2, 0.25) is 5.95 Å². The Labute approximate surface area is 144 Å². The SMILES string of the molecule is Cn1c2c(c(=O)n(C)c1=O)C(c1cccc(Br)c1)n1ncnc1N2. The highest BCUT2D eigenvalue weighted by molar-refractivity contribution is 9.10. The average Bonchev–Trinajstić information content (AvgIpc) is 3.04. The molecule has 1 N–H and O–H groups in total. The van der Waals surface area contributed by atoms with E-state index >= 15 is 0 Å². The van der Waals surface area contributed by atoms with Crippen molar-refractivity contribution in [3.63, 3.8) is 0 Å². The molecule has 24 heavy (non-hydrogen) atoms. The monoisotopic (exact) mass is 388 g/mol. The van der Waals surface area contributed by atoms with Crippen LogP contribution in [-0.2, 0) is 14.1 Å². The summed E-state index contributed by atoms with van der Waals surface area (Å²) in [4.78, 5) is 29.2. The molecule has 122 valence electrons. The van der Waals surface area contributed by atoms with Crippen molar-refractivity contribution in [1.29, 1.82) is 0 Å². The predicted molar refractivity (Wildman–Crippen MR) is 91.6 cm³/mol. The minimum absolute atomic E-state index is 0.355. The molecule has 1 unspecified atom stereocenters. The first-order chi connectivity index (χ1) is 11.5. The summed E-state index contributed by atoms with van der Waals surface area (Å²) >= 11 is 3.46. The number of halogens is 1. The maximum absolute atomic E-state index is 12.8. The second-order valence-corrected chi connectivity index (χ2v) is 6.49. The Bertz CT molecular complexity index is 1080. The van der Waals surface area contributed by atoms with Crippen molar-refractivity contribution in [2.24, 2.45) is 14.1 Å². The number of rotatable bonds is 1. The molecule has 2 aromatic heterocycles. The Morgan fingerprint density at radius 3 is 2.75 bits per heavy atom. The molecule has 0 saturated carbocycles. The minimum atomic E-state index is -0.471. The van der Waals surface area contributed by atoms with Crippen molar-refractivity contribution in [3.8, 4) is 0 Å². The van der Waals surface area contributed by atoms with Crippen LogP contribution in [0.25, 0.3) is 0 Å². The van der Waals surface area contributed by atoms with Gasteiger partial charge in [-0.2, -0.15) is 10.1 Å². The first-order valence-electron chi connectivity index (χ1n) is 7.21. The van der Waals surface area contributed by atoms with Crippen molar-refractivity contribution in [3.05, 3.63) is 67.0 Å². The maximum atomic E-state index is 12.8. The molecule has 0 saturated heterocycles. The van der Waals surface area contributed by atoms with Gasteiger partial charge >= 0.3 is 5.69 Å². The molecule has 0 aliphatic carbocycles. The van der Waals surface area contributed by atoms with Crippen molar-refractivity contribution in [2.45, 2.75) is 6.04 Å². The number of benzene rings is 1. The van der Waals surface area contributed by atoms with E-state index in [4.69, 9.17) is 0 Å². The molecule has 8 nitrogen and oxygen atoms in total. The Balaban J connectivity index is 2.11. The first kappa shape index (κ1) is 14.9. The molecule has 1 atom stereocenters. The van der Waals surface area contributed by atoms with Crippen LogP contribution in [0.2, 0.25) is 0 Å². The van der Waals surface area contributed by atoms with Gasteiger partial charge in [0.1, 0.15) is 18.2 Å². The van der Waals surface area contributed by atoms with E-state index in [9.17, 15) is 9.59 Å². The van der Waals surface area contributed by atoms with Crippen LogP contribution in [0.1, 0.15) is 17.2 Å². The summed E-state index contributed by atoms with van der Waals surface area (Å²) in [5.74, 6) is 0.921. The third-order valence-electron chi connectivity index (χ3n) is 4.19. The highest BCUT2D eigenvalue weighted by atomic mass is 79.9. The number of nitrogens with zero attached hydrogens (tertiary/aromatic N) is 5. The summed E-state index contributed by atoms with van der Waals surface area (Å²) in [5.41, 5.74) is 0.573. The smallest absolute Gasteiger partial charge is 0.310 e. The second-order valence-electron chi connectivity index (χ2n) is 5.58. The van der Waals surface area contributed by atoms with Crippen LogP contribution in [-0.4, -0.2) is 23.9 Å². The lowest BCUT2D eigenvalue weighted by atomic mass is 9.99. The molecule has 0 radical (unpaired) electrons. The van der Waals surface area contributed by atoms with Crippen LogP contribution in [0.15, 0.2) is 44.7 Å². The van der Waals surface area contributed by atoms with E-state index in [0.29, 0.717) is 17.3 Å². The summed E-state index contributed by atoms with van der Waals surface area (Å²) in [6.07, 6.45) is 1.42. The molecule has 1 aliphatic rings. The summed E-state index contributed by atoms with van der Waals surface area (Å²) in [7, 11) is 3.09. The lowest BCUT2D eigenvalue weighted by molar-refractivity contribution is 0.558. The quantitative estimate of drug-likeness (QED) is 0.528. The number of hydrogen-bond acceptors (Lipinski definition) is 5. The lowest BCUT2D eigenvalue weighted by Gasteiger charge is -2.28. The van der Waals surface area contributed by atoms with Gasteiger partial charge in [-0.05, 0) is 17.7 Å². The van der Waals surface area contributed by atoms with Crippen LogP contribution >= 0.6 is 15.9 Å². The maximum Gasteiger partial charge on any atom is 0.332 e. The Morgan fingerprint density at radius 2 is 2.00 bits per heavy atom. The number of anilines is 2. The van der Waals surface area contributed by atoms with Gasteiger partial charge in [0.25, 0.3) is 5.56 Å². The zero-order valence-electron chi connectivity index (χ0n) is 12.9. The molecule has 4 rings (SSSR count). The lowest BCUT2D eigenvalue weighted by Crippen LogP contribution is -2.43. The predicted octanol–water partition coefficient (Wildman–Crippen LogP) is 1.13. The van der Waals surface area contributed by atoms with E-state index in [-0.39, 0.29) is 5.56 Å². The van der Waals surface area contributed by atoms with E-state index in [1.54, 1.807) is 11.7 Å². The molecule has 1 aliphatic heterocycles. The molecular formula is C15H13BrN6O2. The van der Waals surface area contributed by atoms with Gasteiger partial charge in [-0.1, -0.05) is 28.1 Å². The van der Waals surface area contributed by atoms with Crippen molar-refractivity contribution < 1.29 is 0 Å². The highest BCUT2D eigenvalue weighted by Crippen LogP contribution is 2.36. The zero-order chi connectivity index (χ0) is 17.0. The van der Waals surface area contributed by atoms with Gasteiger partial charge in [0.05, 0.1) is 5.56 Å². The fourth-order valence-corrected chi connectivity index (χ4v) is 3.43. The van der Waals surface area contributed by atoms with Crippen LogP contribution in [0.3, 0.4) is 0 Å². The fraction of sp³-hybridized carbons (Fsp3) is 0.200. The molecule has 0 fully saturated rings. The standard InChI is InChI=1S/C15H13BrN6O2/c1-20-12-10(13(23)21(2)15(20)24)11(8-4-3-5-9(16)6-8)22-14(19-12)17-7-18-22/h3-7,11H,1-2H3,(H,17,18,19). The first-order valence-corrected chi connectivity index (χ1v) is 8.00. The Hall–Kier alpha value is -2.68. The van der Waals surface area contributed by atoms with Gasteiger partial charge < -0.3 is 5.32 Å². The van der Waals surface area contributed by atoms with E-state index in [2.05, 4.69) is 31.3 Å². The Morgan fingerprint density at radius 1 is 1.21 bits per heavy atom. The molecule has 1 aromatic carbocycles. The third-order valence-corrected chi connectivity index (χ3v) is 4.68. The fourth-order valence-electron chi connectivity index (χ4n) is 3.01. The number of nitrogens with one attached hydrogen (secondary N) is 1. The minimum Gasteiger partial charge on any atom is -0.310 e. The number of aromatic nitrogens is 5. The largest absolute Gasteiger partial charge is 0.332 e. The molecule has 3 aromatic rings. The molecule has 0 amide bonds. The van der Waals surface area contributed by atoms with Crippen molar-refractivity contribution >= 4 is 27.7 Å². The van der Waals surface area contributed by atoms with Crippen LogP contribution < -0.4 is 16.6 Å². The topological polar surface area (TPSA) is 86.7 Å². The zero-order valence-corrected chi connectivity index (χ0v) is 14.5. The molecule has 0 spiro atoms. The van der Waals surface area contributed by atoms with Gasteiger partial charge in [0.15, 0.2) is 0 Å². The summed E-state index contributed by atoms with van der Waals surface area (Å²) in [6, 6.07) is 7.18. The van der Waals surface area contributed by atoms with Crippen LogP contribution in [0, 0.1) is 0 Å². The van der Waals surface area contributed by atoms with E-state index in [1.807, 2.05) is 24.3 Å². The van der Waals surface area contributed by atoms with Gasteiger partial charge in [-0.15, -0.1) is 0 Å². The van der Waals surface area contributed by atoms with Crippen LogP contribution in [0.5, 0.6) is 0 Å². The molecule has 3 heterocycles. The summed E-state index contributed by atoms with van der Waals surface area (Å²) in [5, 5.41) is 7.30. The molecule has 0 bridgehead atoms. The number of hydrogen-bond donors (Lipinski definition) is 1. The van der Waals surface area contributed by atoms with E-state index in [0.717, 1.165) is 14.6 Å². The molecule has 9 heteroatoms. The summed E-state index contributed by atoms with van der Waals surface area (Å²) in [6.45, 7) is 0. The Kier molecular flexibility index (Phi) is 3.20. The normalized spacial score (nSPS) is 15.5. The van der Waals surface area contributed by atoms with Crippen LogP contribution in [0.4, 0.5) is 11.8 Å². The van der Waals surface area contributed by atoms with Gasteiger partial charge in [-0.25, -0.2) is 9.48 Å². The van der Waals surface area contributed by atoms with E-state index in [1.165, 1.54) is 17.9 Å². The van der Waals surface area contributed by atoms with Crippen molar-refractivity contribution in [2.75, 3.05) is 5.32 Å². The van der Waals surface area contributed by atoms with E-state index < -0.39 is 11.7 Å². The van der Waals surface area contributed by atoms with Crippen molar-refractivity contribution in [1.82, 2.24) is 23.9 Å². The highest BCUT2D eigenvalue weighted by Gasteiger charge is 2.33. The third kappa shape index (κ3) is 1.97. The van der Waals surface area contributed by atoms with Gasteiger partial charge in [-0.3, -0.25) is 13.9 Å². The van der Waals surface area contributed by atoms with Gasteiger partial charge in [0, 0.05) is 18.6 Å².